The van der Waals surface area contributed by atoms with Crippen molar-refractivity contribution in [3.8, 4) is 6.07 Å². The van der Waals surface area contributed by atoms with Crippen molar-refractivity contribution in [2.45, 2.75) is 6.61 Å². The highest BCUT2D eigenvalue weighted by molar-refractivity contribution is 6.31. The summed E-state index contributed by atoms with van der Waals surface area (Å²) in [6, 6.07) is 5.22. The molecule has 0 atom stereocenters. The average molecular weight is 197 g/mol. The number of ether oxygens (including phenoxy) is 1. The summed E-state index contributed by atoms with van der Waals surface area (Å²) in [6.07, 6.45) is 0. The number of nitrogens with zero attached hydrogens (tertiary/aromatic N) is 1. The maximum atomic E-state index is 8.69. The van der Waals surface area contributed by atoms with Crippen LogP contribution < -0.4 is 5.73 Å². The molecule has 68 valence electrons. The Bertz CT molecular complexity index is 357. The highest BCUT2D eigenvalue weighted by atomic mass is 35.5. The van der Waals surface area contributed by atoms with Crippen molar-refractivity contribution in [1.29, 1.82) is 5.26 Å². The fourth-order valence-electron chi connectivity index (χ4n) is 1.03. The molecule has 0 saturated carbocycles. The topological polar surface area (TPSA) is 59.0 Å². The molecule has 0 aliphatic rings. The number of methoxy groups -OCH3 is 1. The number of benzene rings is 1. The molecule has 4 heteroatoms. The number of nitriles is 1. The predicted octanol–water partition coefficient (Wildman–Crippen LogP) is 1.94. The Balaban J connectivity index is 3.23. The molecule has 0 spiro atoms. The third-order valence-corrected chi connectivity index (χ3v) is 2.06. The Morgan fingerprint density at radius 3 is 2.85 bits per heavy atom. The van der Waals surface area contributed by atoms with E-state index in [4.69, 9.17) is 27.3 Å². The first-order chi connectivity index (χ1) is 6.20. The number of anilines is 1. The molecule has 1 rings (SSSR count). The molecule has 1 aromatic rings. The minimum atomic E-state index is 0.320. The maximum Gasteiger partial charge on any atom is 0.101 e. The first-order valence-corrected chi connectivity index (χ1v) is 4.04. The highest BCUT2D eigenvalue weighted by Gasteiger charge is 2.08. The summed E-state index contributed by atoms with van der Waals surface area (Å²) in [7, 11) is 1.55. The van der Waals surface area contributed by atoms with E-state index in [0.717, 1.165) is 0 Å². The summed E-state index contributed by atoms with van der Waals surface area (Å²) in [4.78, 5) is 0. The van der Waals surface area contributed by atoms with Crippen LogP contribution in [0.1, 0.15) is 11.1 Å². The van der Waals surface area contributed by atoms with Crippen molar-refractivity contribution in [2.75, 3.05) is 12.8 Å². The van der Waals surface area contributed by atoms with Crippen molar-refractivity contribution in [3.05, 3.63) is 28.3 Å². The molecule has 0 bridgehead atoms. The number of rotatable bonds is 2. The lowest BCUT2D eigenvalue weighted by Gasteiger charge is -2.07. The van der Waals surface area contributed by atoms with Crippen molar-refractivity contribution in [1.82, 2.24) is 0 Å². The van der Waals surface area contributed by atoms with Crippen LogP contribution in [0.4, 0.5) is 5.69 Å². The number of nitrogen functional groups attached to an aromatic ring is 1. The van der Waals surface area contributed by atoms with Gasteiger partial charge in [0, 0.05) is 17.7 Å². The van der Waals surface area contributed by atoms with E-state index in [1.165, 1.54) is 0 Å². The van der Waals surface area contributed by atoms with Gasteiger partial charge < -0.3 is 10.5 Å². The van der Waals surface area contributed by atoms with E-state index in [2.05, 4.69) is 0 Å². The Labute approximate surface area is 81.7 Å². The number of hydrogen-bond acceptors (Lipinski definition) is 3. The molecule has 1 aromatic carbocycles. The molecule has 3 nitrogen and oxygen atoms in total. The van der Waals surface area contributed by atoms with Crippen molar-refractivity contribution >= 4 is 17.3 Å². The third kappa shape index (κ3) is 1.92. The summed E-state index contributed by atoms with van der Waals surface area (Å²) in [5, 5.41) is 9.21. The van der Waals surface area contributed by atoms with Gasteiger partial charge in [-0.15, -0.1) is 0 Å². The lowest BCUT2D eigenvalue weighted by Crippen LogP contribution is -1.99. The molecule has 0 saturated heterocycles. The first-order valence-electron chi connectivity index (χ1n) is 3.66. The van der Waals surface area contributed by atoms with Gasteiger partial charge in [0.1, 0.15) is 6.07 Å². The van der Waals surface area contributed by atoms with E-state index in [-0.39, 0.29) is 0 Å². The summed E-state index contributed by atoms with van der Waals surface area (Å²) < 4.78 is 4.92. The van der Waals surface area contributed by atoms with Gasteiger partial charge in [0.2, 0.25) is 0 Å². The van der Waals surface area contributed by atoms with Gasteiger partial charge in [-0.05, 0) is 12.1 Å². The van der Waals surface area contributed by atoms with Crippen molar-refractivity contribution in [3.63, 3.8) is 0 Å². The zero-order chi connectivity index (χ0) is 9.84. The van der Waals surface area contributed by atoms with Gasteiger partial charge in [-0.1, -0.05) is 11.6 Å². The molecular weight excluding hydrogens is 188 g/mol. The average Bonchev–Trinajstić information content (AvgIpc) is 2.12. The molecule has 0 aliphatic heterocycles. The number of hydrogen-bond donors (Lipinski definition) is 1. The molecule has 0 aromatic heterocycles. The number of halogens is 1. The molecule has 0 unspecified atom stereocenters. The second-order valence-corrected chi connectivity index (χ2v) is 2.94. The minimum absolute atomic E-state index is 0.320. The van der Waals surface area contributed by atoms with Gasteiger partial charge in [-0.25, -0.2) is 0 Å². The van der Waals surface area contributed by atoms with Crippen molar-refractivity contribution < 1.29 is 4.74 Å². The van der Waals surface area contributed by atoms with Gasteiger partial charge in [-0.2, -0.15) is 5.26 Å². The molecule has 2 N–H and O–H groups in total. The zero-order valence-corrected chi connectivity index (χ0v) is 7.93. The Morgan fingerprint density at radius 2 is 2.31 bits per heavy atom. The fraction of sp³-hybridized carbons (Fsp3) is 0.222. The van der Waals surface area contributed by atoms with Crippen LogP contribution in [-0.2, 0) is 11.3 Å². The van der Waals surface area contributed by atoms with Crippen LogP contribution >= 0.6 is 11.6 Å². The molecule has 0 amide bonds. The molecule has 0 radical (unpaired) electrons. The monoisotopic (exact) mass is 196 g/mol. The van der Waals surface area contributed by atoms with E-state index < -0.39 is 0 Å². The zero-order valence-electron chi connectivity index (χ0n) is 7.17. The van der Waals surface area contributed by atoms with Crippen LogP contribution in [0.25, 0.3) is 0 Å². The van der Waals surface area contributed by atoms with Crippen LogP contribution in [0, 0.1) is 11.3 Å². The molecule has 0 fully saturated rings. The fourth-order valence-corrected chi connectivity index (χ4v) is 1.25. The van der Waals surface area contributed by atoms with Gasteiger partial charge in [-0.3, -0.25) is 0 Å². The van der Waals surface area contributed by atoms with Gasteiger partial charge >= 0.3 is 0 Å². The maximum absolute atomic E-state index is 8.69. The Hall–Kier alpha value is -1.24. The largest absolute Gasteiger partial charge is 0.397 e. The minimum Gasteiger partial charge on any atom is -0.397 e. The van der Waals surface area contributed by atoms with E-state index in [9.17, 15) is 0 Å². The molecule has 13 heavy (non-hydrogen) atoms. The Kier molecular flexibility index (Phi) is 3.13. The summed E-state index contributed by atoms with van der Waals surface area (Å²) in [6.45, 7) is 0.320. The summed E-state index contributed by atoms with van der Waals surface area (Å²) >= 11 is 5.87. The predicted molar refractivity (Wildman–Crippen MR) is 51.3 cm³/mol. The number of nitrogens with two attached hydrogens (primary N) is 1. The highest BCUT2D eigenvalue weighted by Crippen LogP contribution is 2.25. The summed E-state index contributed by atoms with van der Waals surface area (Å²) in [5.74, 6) is 0. The molecular formula is C9H9ClN2O. The van der Waals surface area contributed by atoms with E-state index >= 15 is 0 Å². The lowest BCUT2D eigenvalue weighted by molar-refractivity contribution is 0.185. The van der Waals surface area contributed by atoms with Gasteiger partial charge in [0.05, 0.1) is 17.9 Å². The van der Waals surface area contributed by atoms with Crippen LogP contribution in [0.3, 0.4) is 0 Å². The quantitative estimate of drug-likeness (QED) is 0.736. The lowest BCUT2D eigenvalue weighted by atomic mass is 10.1. The normalized spacial score (nSPS) is 9.62. The van der Waals surface area contributed by atoms with Gasteiger partial charge in [0.15, 0.2) is 0 Å². The molecule has 0 aliphatic carbocycles. The molecule has 0 heterocycles. The second-order valence-electron chi connectivity index (χ2n) is 2.53. The smallest absolute Gasteiger partial charge is 0.101 e. The second kappa shape index (κ2) is 4.13. The van der Waals surface area contributed by atoms with Crippen LogP contribution in [-0.4, -0.2) is 7.11 Å². The van der Waals surface area contributed by atoms with Crippen LogP contribution in [0.15, 0.2) is 12.1 Å². The van der Waals surface area contributed by atoms with E-state index in [0.29, 0.717) is 28.4 Å². The SMILES string of the molecule is COCc1c(Cl)ccc(C#N)c1N. The van der Waals surface area contributed by atoms with Crippen molar-refractivity contribution in [2.24, 2.45) is 0 Å². The summed E-state index contributed by atoms with van der Waals surface area (Å²) in [5.41, 5.74) is 7.19. The van der Waals surface area contributed by atoms with E-state index in [1.54, 1.807) is 19.2 Å². The van der Waals surface area contributed by atoms with Gasteiger partial charge in [0.25, 0.3) is 0 Å². The standard InChI is InChI=1S/C9H9ClN2O/c1-13-5-7-8(10)3-2-6(4-11)9(7)12/h2-3H,5,12H2,1H3. The van der Waals surface area contributed by atoms with E-state index in [1.807, 2.05) is 6.07 Å². The van der Waals surface area contributed by atoms with Crippen LogP contribution in [0.5, 0.6) is 0 Å². The third-order valence-electron chi connectivity index (χ3n) is 1.71. The first kappa shape index (κ1) is 9.85. The Morgan fingerprint density at radius 1 is 1.62 bits per heavy atom. The van der Waals surface area contributed by atoms with Crippen LogP contribution in [0.2, 0.25) is 5.02 Å².